The van der Waals surface area contributed by atoms with E-state index in [9.17, 15) is 13.2 Å². The van der Waals surface area contributed by atoms with Crippen molar-refractivity contribution in [1.82, 2.24) is 0 Å². The molecule has 0 bridgehead atoms. The largest absolute Gasteiger partial charge is 0.516 e. The molecule has 0 aromatic heterocycles. The van der Waals surface area contributed by atoms with Crippen molar-refractivity contribution in [3.8, 4) is 0 Å². The molecule has 0 aromatic rings. The first-order valence-corrected chi connectivity index (χ1v) is 3.25. The van der Waals surface area contributed by atoms with Gasteiger partial charge in [-0.1, -0.05) is 11.6 Å². The lowest BCUT2D eigenvalue weighted by atomic mass is 10.4. The van der Waals surface area contributed by atoms with E-state index in [-0.39, 0.29) is 12.3 Å². The Morgan fingerprint density at radius 1 is 1.40 bits per heavy atom. The Kier molecular flexibility index (Phi) is 3.03. The molecule has 1 unspecified atom stereocenters. The highest BCUT2D eigenvalue weighted by Gasteiger charge is 2.50. The number of halogens is 5. The van der Waals surface area contributed by atoms with Gasteiger partial charge in [-0.3, -0.25) is 0 Å². The molecule has 0 radical (unpaired) electrons. The minimum Gasteiger partial charge on any atom is -0.516 e. The van der Waals surface area contributed by atoms with Gasteiger partial charge in [-0.15, -0.1) is 0 Å². The lowest BCUT2D eigenvalue weighted by Crippen LogP contribution is -2.31. The molecular weight excluding hydrogens is 236 g/mol. The van der Waals surface area contributed by atoms with Crippen LogP contribution in [0.5, 0.6) is 0 Å². The summed E-state index contributed by atoms with van der Waals surface area (Å²) in [6.45, 7) is 0. The van der Waals surface area contributed by atoms with Crippen molar-refractivity contribution in [1.29, 1.82) is 0 Å². The number of rotatable bonds is 2. The topological polar surface area (TPSA) is 20.2 Å². The van der Waals surface area contributed by atoms with Gasteiger partial charge in [0.1, 0.15) is 0 Å². The van der Waals surface area contributed by atoms with Crippen molar-refractivity contribution in [2.24, 2.45) is 0 Å². The lowest BCUT2D eigenvalue weighted by Gasteiger charge is -2.18. The van der Waals surface area contributed by atoms with Crippen LogP contribution in [-0.4, -0.2) is 15.1 Å². The van der Waals surface area contributed by atoms with Gasteiger partial charge >= 0.3 is 4.83 Å². The van der Waals surface area contributed by atoms with Crippen LogP contribution < -0.4 is 0 Å². The third-order valence-corrected chi connectivity index (χ3v) is 1.83. The molecule has 60 valence electrons. The fraction of sp³-hybridized carbons (Fsp3) is 0.500. The quantitative estimate of drug-likeness (QED) is 0.580. The molecule has 0 heterocycles. The van der Waals surface area contributed by atoms with Crippen molar-refractivity contribution < 1.29 is 18.3 Å². The van der Waals surface area contributed by atoms with Crippen LogP contribution in [0.3, 0.4) is 0 Å². The number of hydrogen-bond donors (Lipinski definition) is 1. The predicted octanol–water partition coefficient (Wildman–Crippen LogP) is 2.95. The summed E-state index contributed by atoms with van der Waals surface area (Å²) in [5.41, 5.74) is 0. The second kappa shape index (κ2) is 3.00. The van der Waals surface area contributed by atoms with Crippen LogP contribution in [0.2, 0.25) is 0 Å². The zero-order valence-corrected chi connectivity index (χ0v) is 6.83. The maximum Gasteiger partial charge on any atom is 0.352 e. The Morgan fingerprint density at radius 2 is 1.80 bits per heavy atom. The Hall–Kier alpha value is 0.1000. The standard InChI is InChI=1S/C4H3BrClF3O/c5-4(8,9)3(6,7)1-2-10/h1-2,10H/b2-1+. The van der Waals surface area contributed by atoms with Crippen LogP contribution >= 0.6 is 27.5 Å². The Labute approximate surface area is 68.6 Å². The third kappa shape index (κ3) is 2.38. The number of hydrogen-bond acceptors (Lipinski definition) is 1. The number of aliphatic hydroxyl groups excluding tert-OH is 1. The van der Waals surface area contributed by atoms with Crippen molar-refractivity contribution >= 4 is 27.5 Å². The van der Waals surface area contributed by atoms with E-state index in [1.165, 1.54) is 0 Å². The monoisotopic (exact) mass is 238 g/mol. The summed E-state index contributed by atoms with van der Waals surface area (Å²) < 4.78 is 36.2. The normalized spacial score (nSPS) is 19.3. The van der Waals surface area contributed by atoms with Gasteiger partial charge < -0.3 is 5.11 Å². The number of alkyl halides is 5. The number of allylic oxidation sites excluding steroid dienone is 1. The van der Waals surface area contributed by atoms with Crippen molar-refractivity contribution in [3.05, 3.63) is 12.3 Å². The van der Waals surface area contributed by atoms with E-state index < -0.39 is 9.96 Å². The molecule has 1 N–H and O–H groups in total. The molecule has 0 rings (SSSR count). The van der Waals surface area contributed by atoms with Gasteiger partial charge in [-0.2, -0.15) is 8.78 Å². The summed E-state index contributed by atoms with van der Waals surface area (Å²) in [5, 5.41) is 4.52. The maximum absolute atomic E-state index is 12.3. The molecule has 0 aliphatic heterocycles. The van der Waals surface area contributed by atoms with Gasteiger partial charge in [-0.05, 0) is 15.9 Å². The van der Waals surface area contributed by atoms with Crippen LogP contribution in [0.1, 0.15) is 0 Å². The van der Waals surface area contributed by atoms with Crippen molar-refractivity contribution in [3.63, 3.8) is 0 Å². The smallest absolute Gasteiger partial charge is 0.352 e. The average molecular weight is 239 g/mol. The molecule has 10 heavy (non-hydrogen) atoms. The fourth-order valence-corrected chi connectivity index (χ4v) is 0.377. The third-order valence-electron chi connectivity index (χ3n) is 0.662. The fourth-order valence-electron chi connectivity index (χ4n) is 0.188. The lowest BCUT2D eigenvalue weighted by molar-refractivity contribution is 0.0209. The van der Waals surface area contributed by atoms with Crippen molar-refractivity contribution in [2.45, 2.75) is 9.96 Å². The van der Waals surface area contributed by atoms with Crippen LogP contribution in [-0.2, 0) is 0 Å². The molecule has 1 atom stereocenters. The molecule has 0 spiro atoms. The average Bonchev–Trinajstić information content (AvgIpc) is 1.61. The minimum absolute atomic E-state index is 0.113. The predicted molar refractivity (Wildman–Crippen MR) is 35.3 cm³/mol. The Morgan fingerprint density at radius 3 is 1.90 bits per heavy atom. The Balaban J connectivity index is 4.40. The molecule has 0 aliphatic rings. The molecule has 0 fully saturated rings. The molecule has 0 aromatic carbocycles. The summed E-state index contributed by atoms with van der Waals surface area (Å²) in [4.78, 5) is -3.89. The van der Waals surface area contributed by atoms with E-state index in [0.29, 0.717) is 0 Å². The summed E-state index contributed by atoms with van der Waals surface area (Å²) in [6, 6.07) is 0. The van der Waals surface area contributed by atoms with Gasteiger partial charge in [0.2, 0.25) is 0 Å². The highest BCUT2D eigenvalue weighted by atomic mass is 79.9. The van der Waals surface area contributed by atoms with Crippen LogP contribution in [0.25, 0.3) is 0 Å². The SMILES string of the molecule is O/C=C/C(F)(Cl)C(F)(F)Br. The second-order valence-corrected chi connectivity index (χ2v) is 2.98. The first-order chi connectivity index (χ1) is 4.31. The summed E-state index contributed by atoms with van der Waals surface area (Å²) in [6.07, 6.45) is 0.242. The molecule has 6 heteroatoms. The maximum atomic E-state index is 12.3. The van der Waals surface area contributed by atoms with E-state index >= 15 is 0 Å². The molecule has 0 saturated carbocycles. The van der Waals surface area contributed by atoms with E-state index in [2.05, 4.69) is 11.6 Å². The van der Waals surface area contributed by atoms with Gasteiger partial charge in [0, 0.05) is 6.08 Å². The Bertz CT molecular complexity index is 142. The first-order valence-electron chi connectivity index (χ1n) is 2.08. The van der Waals surface area contributed by atoms with Crippen molar-refractivity contribution in [2.75, 3.05) is 0 Å². The molecule has 0 saturated heterocycles. The van der Waals surface area contributed by atoms with E-state index in [0.717, 1.165) is 0 Å². The van der Waals surface area contributed by atoms with Gasteiger partial charge in [0.25, 0.3) is 5.13 Å². The van der Waals surface area contributed by atoms with E-state index in [1.54, 1.807) is 15.9 Å². The highest BCUT2D eigenvalue weighted by Crippen LogP contribution is 2.42. The summed E-state index contributed by atoms with van der Waals surface area (Å²) >= 11 is 6.30. The van der Waals surface area contributed by atoms with Crippen LogP contribution in [0.15, 0.2) is 12.3 Å². The molecular formula is C4H3BrClF3O. The van der Waals surface area contributed by atoms with Crippen LogP contribution in [0.4, 0.5) is 13.2 Å². The summed E-state index contributed by atoms with van der Waals surface area (Å²) in [5.74, 6) is 0. The van der Waals surface area contributed by atoms with Gasteiger partial charge in [-0.25, -0.2) is 4.39 Å². The van der Waals surface area contributed by atoms with E-state index in [4.69, 9.17) is 5.11 Å². The zero-order chi connectivity index (χ0) is 8.41. The number of aliphatic hydroxyl groups is 1. The molecule has 1 nitrogen and oxygen atoms in total. The summed E-state index contributed by atoms with van der Waals surface area (Å²) in [7, 11) is 0. The molecule has 0 aliphatic carbocycles. The van der Waals surface area contributed by atoms with Gasteiger partial charge in [0.05, 0.1) is 6.26 Å². The zero-order valence-electron chi connectivity index (χ0n) is 4.49. The second-order valence-electron chi connectivity index (χ2n) is 1.44. The minimum atomic E-state index is -3.89. The van der Waals surface area contributed by atoms with Crippen LogP contribution in [0, 0.1) is 0 Å². The van der Waals surface area contributed by atoms with E-state index in [1.807, 2.05) is 0 Å². The first kappa shape index (κ1) is 10.1. The highest BCUT2D eigenvalue weighted by molar-refractivity contribution is 9.10. The van der Waals surface area contributed by atoms with Gasteiger partial charge in [0.15, 0.2) is 0 Å². The molecule has 0 amide bonds.